The summed E-state index contributed by atoms with van der Waals surface area (Å²) in [6, 6.07) is 6.40. The normalized spacial score (nSPS) is 30.7. The third kappa shape index (κ3) is 3.36. The quantitative estimate of drug-likeness (QED) is 0.464. The maximum Gasteiger partial charge on any atom is 0.310 e. The Labute approximate surface area is 208 Å². The highest BCUT2D eigenvalue weighted by Gasteiger charge is 2.79. The van der Waals surface area contributed by atoms with Gasteiger partial charge in [-0.1, -0.05) is 30.3 Å². The van der Waals surface area contributed by atoms with Gasteiger partial charge in [0.25, 0.3) is 0 Å². The van der Waals surface area contributed by atoms with Crippen molar-refractivity contribution in [1.82, 2.24) is 24.8 Å². The summed E-state index contributed by atoms with van der Waals surface area (Å²) < 4.78 is 8.14. The molecule has 1 aromatic carbocycles. The molecule has 5 atom stereocenters. The number of benzene rings is 1. The van der Waals surface area contributed by atoms with E-state index in [1.54, 1.807) is 15.7 Å². The van der Waals surface area contributed by atoms with E-state index in [4.69, 9.17) is 4.74 Å². The van der Waals surface area contributed by atoms with Crippen molar-refractivity contribution >= 4 is 28.8 Å². The Kier molecular flexibility index (Phi) is 6.08. The van der Waals surface area contributed by atoms with E-state index >= 15 is 0 Å². The zero-order valence-electron chi connectivity index (χ0n) is 20.2. The van der Waals surface area contributed by atoms with Gasteiger partial charge in [0.1, 0.15) is 29.7 Å². The van der Waals surface area contributed by atoms with Crippen molar-refractivity contribution in [3.05, 3.63) is 36.9 Å². The maximum atomic E-state index is 14.2. The minimum atomic E-state index is -1.23. The van der Waals surface area contributed by atoms with Crippen molar-refractivity contribution in [2.45, 2.75) is 56.5 Å². The molecule has 2 unspecified atom stereocenters. The summed E-state index contributed by atoms with van der Waals surface area (Å²) in [4.78, 5) is 43.3. The van der Waals surface area contributed by atoms with E-state index < -0.39 is 41.0 Å². The van der Waals surface area contributed by atoms with Crippen LogP contribution in [0.2, 0.25) is 0 Å². The molecular formula is C25H31N5O6. The molecule has 0 saturated carbocycles. The molecule has 192 valence electrons. The number of carbonyl (C=O) groups excluding carboxylic acids is 2. The van der Waals surface area contributed by atoms with Crippen LogP contribution in [0.3, 0.4) is 0 Å². The second-order valence-corrected chi connectivity index (χ2v) is 9.85. The van der Waals surface area contributed by atoms with Crippen LogP contribution in [0, 0.1) is 11.8 Å². The number of nitrogens with zero attached hydrogens (tertiary/aromatic N) is 5. The molecule has 2 amide bonds. The monoisotopic (exact) mass is 497 g/mol. The van der Waals surface area contributed by atoms with Crippen LogP contribution in [0.25, 0.3) is 11.0 Å². The molecule has 11 heteroatoms. The average molecular weight is 498 g/mol. The van der Waals surface area contributed by atoms with Gasteiger partial charge >= 0.3 is 5.97 Å². The zero-order chi connectivity index (χ0) is 25.7. The molecular weight excluding hydrogens is 466 g/mol. The zero-order valence-corrected chi connectivity index (χ0v) is 20.2. The molecule has 2 aromatic rings. The fourth-order valence-electron chi connectivity index (χ4n) is 6.58. The Morgan fingerprint density at radius 1 is 1.33 bits per heavy atom. The van der Waals surface area contributed by atoms with Gasteiger partial charge in [0.2, 0.25) is 11.8 Å². The van der Waals surface area contributed by atoms with Crippen LogP contribution in [-0.2, 0) is 25.8 Å². The molecule has 3 aliphatic rings. The number of fused-ring (bicyclic) bond motifs is 2. The fourth-order valence-corrected chi connectivity index (χ4v) is 6.58. The second kappa shape index (κ2) is 8.97. The number of carbonyl (C=O) groups is 3. The van der Waals surface area contributed by atoms with Crippen LogP contribution in [0.15, 0.2) is 36.9 Å². The van der Waals surface area contributed by atoms with Crippen molar-refractivity contribution in [2.24, 2.45) is 11.8 Å². The second-order valence-electron chi connectivity index (χ2n) is 9.85. The first-order valence-electron chi connectivity index (χ1n) is 12.4. The third-order valence-electron chi connectivity index (χ3n) is 8.12. The van der Waals surface area contributed by atoms with Gasteiger partial charge < -0.3 is 24.7 Å². The molecule has 2 N–H and O–H groups in total. The van der Waals surface area contributed by atoms with Crippen molar-refractivity contribution < 1.29 is 29.3 Å². The minimum Gasteiger partial charge on any atom is -0.481 e. The number of ether oxygens (including phenoxy) is 1. The van der Waals surface area contributed by atoms with Gasteiger partial charge in [-0.15, -0.1) is 11.7 Å². The maximum absolute atomic E-state index is 14.2. The first kappa shape index (κ1) is 24.4. The number of carboxylic acids is 1. The fraction of sp³-hybridized carbons (Fsp3) is 0.560. The molecule has 0 aliphatic carbocycles. The highest BCUT2D eigenvalue weighted by atomic mass is 16.5. The molecule has 3 saturated heterocycles. The lowest BCUT2D eigenvalue weighted by Crippen LogP contribution is -2.56. The number of carboxylic acid groups (broad SMARTS) is 1. The standard InChI is InChI=1S/C25H31N5O6/c1-3-12-28(15-30-17-9-6-5-8-16(17)26-27-30)22(33)20-25-11-10-24(4-2,36-25)19(23(34)35)18(25)21(32)29(20)13-7-14-31/h3,5-6,8-9,18-20,31H,1,4,7,10-15H2,2H3,(H,34,35)/t18-,19-,20?,24+,25?/m0/s1. The van der Waals surface area contributed by atoms with Crippen LogP contribution >= 0.6 is 0 Å². The van der Waals surface area contributed by atoms with E-state index in [-0.39, 0.29) is 38.7 Å². The summed E-state index contributed by atoms with van der Waals surface area (Å²) >= 11 is 0. The molecule has 2 bridgehead atoms. The number of hydrogen-bond donors (Lipinski definition) is 2. The minimum absolute atomic E-state index is 0.0753. The van der Waals surface area contributed by atoms with E-state index in [1.165, 1.54) is 4.90 Å². The summed E-state index contributed by atoms with van der Waals surface area (Å²) in [5.41, 5.74) is -0.759. The van der Waals surface area contributed by atoms with Crippen LogP contribution < -0.4 is 0 Å². The summed E-state index contributed by atoms with van der Waals surface area (Å²) in [6.07, 6.45) is 3.19. The largest absolute Gasteiger partial charge is 0.481 e. The highest BCUT2D eigenvalue weighted by molar-refractivity contribution is 5.98. The van der Waals surface area contributed by atoms with Gasteiger partial charge in [-0.25, -0.2) is 4.68 Å². The number of likely N-dealkylation sites (tertiary alicyclic amines) is 1. The van der Waals surface area contributed by atoms with E-state index in [0.717, 1.165) is 5.52 Å². The van der Waals surface area contributed by atoms with Gasteiger partial charge in [-0.05, 0) is 37.8 Å². The lowest BCUT2D eigenvalue weighted by molar-refractivity contribution is -0.158. The Morgan fingerprint density at radius 3 is 2.81 bits per heavy atom. The molecule has 3 aliphatic heterocycles. The number of aromatic nitrogens is 3. The lowest BCUT2D eigenvalue weighted by atomic mass is 9.65. The van der Waals surface area contributed by atoms with E-state index in [2.05, 4.69) is 16.9 Å². The van der Waals surface area contributed by atoms with Gasteiger partial charge in [0, 0.05) is 19.7 Å². The molecule has 5 rings (SSSR count). The number of hydrogen-bond acceptors (Lipinski definition) is 7. The summed E-state index contributed by atoms with van der Waals surface area (Å²) in [7, 11) is 0. The smallest absolute Gasteiger partial charge is 0.310 e. The molecule has 11 nitrogen and oxygen atoms in total. The molecule has 1 spiro atoms. The molecule has 0 radical (unpaired) electrons. The van der Waals surface area contributed by atoms with Crippen LogP contribution in [-0.4, -0.2) is 89.7 Å². The van der Waals surface area contributed by atoms with Crippen molar-refractivity contribution in [2.75, 3.05) is 19.7 Å². The number of aliphatic hydroxyl groups excluding tert-OH is 1. The van der Waals surface area contributed by atoms with Crippen LogP contribution in [0.1, 0.15) is 32.6 Å². The summed E-state index contributed by atoms with van der Waals surface area (Å²) in [6.45, 7) is 5.89. The predicted octanol–water partition coefficient (Wildman–Crippen LogP) is 1.03. The van der Waals surface area contributed by atoms with Gasteiger partial charge in [0.15, 0.2) is 0 Å². The van der Waals surface area contributed by atoms with Gasteiger partial charge in [-0.3, -0.25) is 14.4 Å². The summed E-state index contributed by atoms with van der Waals surface area (Å²) in [5.74, 6) is -3.81. The number of aliphatic carboxylic acids is 1. The average Bonchev–Trinajstić information content (AvgIpc) is 3.59. The van der Waals surface area contributed by atoms with Gasteiger partial charge in [-0.2, -0.15) is 0 Å². The molecule has 4 heterocycles. The Bertz CT molecular complexity index is 1210. The van der Waals surface area contributed by atoms with E-state index in [1.807, 2.05) is 31.2 Å². The SMILES string of the molecule is C=CCN(Cn1nnc2ccccc21)C(=O)C1N(CCCO)C(=O)[C@@H]2[C@@H](C(=O)O)[C@@]3(CC)CCC12O3. The first-order chi connectivity index (χ1) is 17.3. The molecule has 1 aromatic heterocycles. The Morgan fingerprint density at radius 2 is 2.11 bits per heavy atom. The molecule has 3 fully saturated rings. The highest BCUT2D eigenvalue weighted by Crippen LogP contribution is 2.64. The van der Waals surface area contributed by atoms with Crippen LogP contribution in [0.4, 0.5) is 0 Å². The number of aliphatic hydroxyl groups is 1. The van der Waals surface area contributed by atoms with E-state index in [0.29, 0.717) is 24.8 Å². The van der Waals surface area contributed by atoms with Gasteiger partial charge in [0.05, 0.1) is 17.0 Å². The number of amides is 2. The molecule has 36 heavy (non-hydrogen) atoms. The first-order valence-corrected chi connectivity index (χ1v) is 12.4. The van der Waals surface area contributed by atoms with E-state index in [9.17, 15) is 24.6 Å². The Balaban J connectivity index is 1.55. The number of rotatable bonds is 10. The predicted molar refractivity (Wildman–Crippen MR) is 127 cm³/mol. The van der Waals surface area contributed by atoms with Crippen molar-refractivity contribution in [3.8, 4) is 0 Å². The summed E-state index contributed by atoms with van der Waals surface area (Å²) in [5, 5.41) is 28.0. The number of para-hydroxylation sites is 1. The van der Waals surface area contributed by atoms with Crippen molar-refractivity contribution in [1.29, 1.82) is 0 Å². The van der Waals surface area contributed by atoms with Crippen molar-refractivity contribution in [3.63, 3.8) is 0 Å². The topological polar surface area (TPSA) is 138 Å². The van der Waals surface area contributed by atoms with Crippen LogP contribution in [0.5, 0.6) is 0 Å². The lowest BCUT2D eigenvalue weighted by Gasteiger charge is -2.36. The third-order valence-corrected chi connectivity index (χ3v) is 8.12. The Hall–Kier alpha value is -3.31.